The quantitative estimate of drug-likeness (QED) is 0.580. The Balaban J connectivity index is 2.25. The number of hydrogen-bond acceptors (Lipinski definition) is 5. The first-order valence-corrected chi connectivity index (χ1v) is 6.79. The monoisotopic (exact) mass is 296 g/mol. The molecule has 0 atom stereocenters. The van der Waals surface area contributed by atoms with Gasteiger partial charge in [0.1, 0.15) is 11.5 Å². The number of carbonyl (C=O) groups excluding carboxylic acids is 3. The highest BCUT2D eigenvalue weighted by atomic mass is 16.5. The van der Waals surface area contributed by atoms with Crippen molar-refractivity contribution in [1.29, 1.82) is 0 Å². The smallest absolute Gasteiger partial charge is 0.310 e. The minimum atomic E-state index is -0.521. The van der Waals surface area contributed by atoms with Gasteiger partial charge in [-0.15, -0.1) is 0 Å². The number of esters is 1. The van der Waals surface area contributed by atoms with Gasteiger partial charge in [0.05, 0.1) is 11.1 Å². The average Bonchev–Trinajstić information content (AvgIpc) is 2.54. The van der Waals surface area contributed by atoms with Crippen LogP contribution in [-0.2, 0) is 4.79 Å². The summed E-state index contributed by atoms with van der Waals surface area (Å²) in [6.45, 7) is 1.62. The highest BCUT2D eigenvalue weighted by Gasteiger charge is 2.34. The van der Waals surface area contributed by atoms with Crippen molar-refractivity contribution in [3.05, 3.63) is 58.7 Å². The summed E-state index contributed by atoms with van der Waals surface area (Å²) in [5.74, 6) is -1.74. The molecular formula is C17H12O5. The lowest BCUT2D eigenvalue weighted by atomic mass is 9.83. The van der Waals surface area contributed by atoms with Gasteiger partial charge in [-0.2, -0.15) is 0 Å². The first-order valence-electron chi connectivity index (χ1n) is 6.79. The Bertz CT molecular complexity index is 820. The molecule has 1 aliphatic carbocycles. The van der Waals surface area contributed by atoms with E-state index in [4.69, 9.17) is 4.74 Å². The molecule has 0 heterocycles. The maximum Gasteiger partial charge on any atom is 0.310 e. The van der Waals surface area contributed by atoms with Gasteiger partial charge in [0.25, 0.3) is 0 Å². The molecule has 0 saturated carbocycles. The Hall–Kier alpha value is -2.95. The first-order chi connectivity index (χ1) is 10.5. The maximum atomic E-state index is 12.6. The van der Waals surface area contributed by atoms with Crippen molar-refractivity contribution in [3.63, 3.8) is 0 Å². The van der Waals surface area contributed by atoms with Crippen molar-refractivity contribution < 1.29 is 24.2 Å². The van der Waals surface area contributed by atoms with Crippen LogP contribution in [0.3, 0.4) is 0 Å². The Labute approximate surface area is 126 Å². The van der Waals surface area contributed by atoms with E-state index in [2.05, 4.69) is 0 Å². The van der Waals surface area contributed by atoms with Gasteiger partial charge >= 0.3 is 5.97 Å². The van der Waals surface area contributed by atoms with Gasteiger partial charge in [-0.3, -0.25) is 14.4 Å². The predicted octanol–water partition coefficient (Wildman–Crippen LogP) is 2.48. The number of hydrogen-bond donors (Lipinski definition) is 1. The van der Waals surface area contributed by atoms with Gasteiger partial charge in [0, 0.05) is 17.5 Å². The molecule has 110 valence electrons. The van der Waals surface area contributed by atoms with Crippen LogP contribution < -0.4 is 4.74 Å². The zero-order chi connectivity index (χ0) is 15.9. The van der Waals surface area contributed by atoms with Crippen molar-refractivity contribution in [3.8, 4) is 11.5 Å². The van der Waals surface area contributed by atoms with E-state index in [1.165, 1.54) is 24.3 Å². The second-order valence-corrected chi connectivity index (χ2v) is 4.86. The van der Waals surface area contributed by atoms with Gasteiger partial charge < -0.3 is 9.84 Å². The third-order valence-electron chi connectivity index (χ3n) is 3.53. The van der Waals surface area contributed by atoms with Gasteiger partial charge in [-0.1, -0.05) is 31.2 Å². The normalized spacial score (nSPS) is 12.6. The van der Waals surface area contributed by atoms with Crippen LogP contribution >= 0.6 is 0 Å². The molecule has 0 spiro atoms. The highest BCUT2D eigenvalue weighted by Crippen LogP contribution is 2.38. The van der Waals surface area contributed by atoms with Crippen LogP contribution in [0.25, 0.3) is 0 Å². The summed E-state index contributed by atoms with van der Waals surface area (Å²) in [5, 5.41) is 9.97. The molecule has 2 aromatic rings. The fraction of sp³-hybridized carbons (Fsp3) is 0.118. The Morgan fingerprint density at radius 3 is 2.18 bits per heavy atom. The van der Waals surface area contributed by atoms with Crippen molar-refractivity contribution in [2.75, 3.05) is 0 Å². The molecule has 0 saturated heterocycles. The fourth-order valence-electron chi connectivity index (χ4n) is 2.46. The SMILES string of the molecule is CCC(=O)Oc1ccc(O)c2c1C(=O)c1ccccc1C2=O. The number of carbonyl (C=O) groups is 3. The lowest BCUT2D eigenvalue weighted by Gasteiger charge is -2.20. The van der Waals surface area contributed by atoms with E-state index in [1.54, 1.807) is 19.1 Å². The van der Waals surface area contributed by atoms with Gasteiger partial charge in [-0.25, -0.2) is 0 Å². The van der Waals surface area contributed by atoms with Crippen molar-refractivity contribution in [2.45, 2.75) is 13.3 Å². The van der Waals surface area contributed by atoms with Crippen LogP contribution in [0.15, 0.2) is 36.4 Å². The summed E-state index contributed by atoms with van der Waals surface area (Å²) in [4.78, 5) is 36.7. The number of aromatic hydroxyl groups is 1. The van der Waals surface area contributed by atoms with E-state index in [9.17, 15) is 19.5 Å². The van der Waals surface area contributed by atoms with E-state index >= 15 is 0 Å². The number of benzene rings is 2. The topological polar surface area (TPSA) is 80.7 Å². The second-order valence-electron chi connectivity index (χ2n) is 4.86. The Morgan fingerprint density at radius 2 is 1.59 bits per heavy atom. The second kappa shape index (κ2) is 5.11. The number of fused-ring (bicyclic) bond motifs is 2. The molecule has 22 heavy (non-hydrogen) atoms. The lowest BCUT2D eigenvalue weighted by Crippen LogP contribution is -2.22. The lowest BCUT2D eigenvalue weighted by molar-refractivity contribution is -0.134. The minimum absolute atomic E-state index is 0.00694. The average molecular weight is 296 g/mol. The molecule has 0 amide bonds. The molecule has 0 radical (unpaired) electrons. The standard InChI is InChI=1S/C17H12O5/c1-2-13(19)22-12-8-7-11(18)14-15(12)17(21)10-6-4-3-5-9(10)16(14)20/h3-8,18H,2H2,1H3. The molecular weight excluding hydrogens is 284 g/mol. The number of phenolic OH excluding ortho intramolecular Hbond substituents is 1. The number of phenols is 1. The highest BCUT2D eigenvalue weighted by molar-refractivity contribution is 6.30. The van der Waals surface area contributed by atoms with E-state index in [-0.39, 0.29) is 40.2 Å². The van der Waals surface area contributed by atoms with Crippen molar-refractivity contribution in [1.82, 2.24) is 0 Å². The summed E-state index contributed by atoms with van der Waals surface area (Å²) in [5.41, 5.74) is 0.282. The summed E-state index contributed by atoms with van der Waals surface area (Å²) in [6.07, 6.45) is 0.133. The molecule has 0 bridgehead atoms. The zero-order valence-electron chi connectivity index (χ0n) is 11.8. The largest absolute Gasteiger partial charge is 0.507 e. The van der Waals surface area contributed by atoms with Gasteiger partial charge in [0.2, 0.25) is 0 Å². The predicted molar refractivity (Wildman–Crippen MR) is 77.3 cm³/mol. The molecule has 0 fully saturated rings. The Kier molecular flexibility index (Phi) is 3.25. The minimum Gasteiger partial charge on any atom is -0.507 e. The van der Waals surface area contributed by atoms with E-state index < -0.39 is 17.5 Å². The van der Waals surface area contributed by atoms with E-state index in [1.807, 2.05) is 0 Å². The summed E-state index contributed by atoms with van der Waals surface area (Å²) >= 11 is 0. The summed E-state index contributed by atoms with van der Waals surface area (Å²) < 4.78 is 5.13. The van der Waals surface area contributed by atoms with Crippen LogP contribution in [0.4, 0.5) is 0 Å². The molecule has 5 heteroatoms. The maximum absolute atomic E-state index is 12.6. The van der Waals surface area contributed by atoms with Crippen LogP contribution in [0.1, 0.15) is 45.2 Å². The van der Waals surface area contributed by atoms with Gasteiger partial charge in [-0.05, 0) is 12.1 Å². The third-order valence-corrected chi connectivity index (χ3v) is 3.53. The molecule has 0 unspecified atom stereocenters. The molecule has 0 aromatic heterocycles. The molecule has 1 N–H and O–H groups in total. The fourth-order valence-corrected chi connectivity index (χ4v) is 2.46. The van der Waals surface area contributed by atoms with Crippen LogP contribution in [-0.4, -0.2) is 22.6 Å². The van der Waals surface area contributed by atoms with Crippen molar-refractivity contribution in [2.24, 2.45) is 0 Å². The van der Waals surface area contributed by atoms with Crippen molar-refractivity contribution >= 4 is 17.5 Å². The Morgan fingerprint density at radius 1 is 1.00 bits per heavy atom. The van der Waals surface area contributed by atoms with Crippen LogP contribution in [0.2, 0.25) is 0 Å². The molecule has 0 aliphatic heterocycles. The first kappa shape index (κ1) is 14.0. The summed E-state index contributed by atoms with van der Waals surface area (Å²) in [6, 6.07) is 8.93. The zero-order valence-corrected chi connectivity index (χ0v) is 11.8. The summed E-state index contributed by atoms with van der Waals surface area (Å²) in [7, 11) is 0. The van der Waals surface area contributed by atoms with Crippen LogP contribution in [0, 0.1) is 0 Å². The third kappa shape index (κ3) is 1.98. The van der Waals surface area contributed by atoms with Gasteiger partial charge in [0.15, 0.2) is 11.6 Å². The molecule has 1 aliphatic rings. The molecule has 2 aromatic carbocycles. The van der Waals surface area contributed by atoms with E-state index in [0.29, 0.717) is 0 Å². The number of ketones is 2. The molecule has 5 nitrogen and oxygen atoms in total. The van der Waals surface area contributed by atoms with Crippen LogP contribution in [0.5, 0.6) is 11.5 Å². The molecule has 3 rings (SSSR count). The van der Waals surface area contributed by atoms with E-state index in [0.717, 1.165) is 0 Å². The number of rotatable bonds is 2. The number of ether oxygens (including phenoxy) is 1.